The van der Waals surface area contributed by atoms with Crippen molar-refractivity contribution in [2.24, 2.45) is 0 Å². The van der Waals surface area contributed by atoms with Gasteiger partial charge in [-0.15, -0.1) is 22.9 Å². The molecule has 1 heterocycles. The summed E-state index contributed by atoms with van der Waals surface area (Å²) in [5.41, 5.74) is 0.927. The zero-order chi connectivity index (χ0) is 10.1. The predicted octanol–water partition coefficient (Wildman–Crippen LogP) is 3.79. The summed E-state index contributed by atoms with van der Waals surface area (Å²) in [5, 5.41) is 11.0. The lowest BCUT2D eigenvalue weighted by Crippen LogP contribution is -1.84. The maximum atomic E-state index is 9.22. The van der Waals surface area contributed by atoms with E-state index in [0.29, 0.717) is 10.9 Å². The van der Waals surface area contributed by atoms with E-state index in [1.54, 1.807) is 11.3 Å². The van der Waals surface area contributed by atoms with E-state index < -0.39 is 0 Å². The van der Waals surface area contributed by atoms with Crippen molar-refractivity contribution in [3.8, 4) is 0 Å². The lowest BCUT2D eigenvalue weighted by atomic mass is 10.1. The molecule has 0 saturated carbocycles. The summed E-state index contributed by atoms with van der Waals surface area (Å²) in [6.07, 6.45) is 0. The van der Waals surface area contributed by atoms with Crippen LogP contribution >= 0.6 is 34.5 Å². The Morgan fingerprint density at radius 2 is 2.14 bits per heavy atom. The number of hydrogen-bond donors (Lipinski definition) is 1. The third kappa shape index (κ3) is 1.63. The topological polar surface area (TPSA) is 20.2 Å². The molecule has 0 bridgehead atoms. The highest BCUT2D eigenvalue weighted by Gasteiger charge is 2.10. The maximum Gasteiger partial charge on any atom is 0.0699 e. The number of aliphatic hydroxyl groups is 1. The van der Waals surface area contributed by atoms with Crippen molar-refractivity contribution in [2.75, 3.05) is 0 Å². The predicted molar refractivity (Wildman–Crippen MR) is 62.3 cm³/mol. The molecule has 4 heteroatoms. The van der Waals surface area contributed by atoms with E-state index in [9.17, 15) is 5.11 Å². The highest BCUT2D eigenvalue weighted by atomic mass is 35.5. The normalized spacial score (nSPS) is 11.1. The molecule has 2 rings (SSSR count). The molecule has 0 aliphatic heterocycles. The highest BCUT2D eigenvalue weighted by Crippen LogP contribution is 2.34. The first-order chi connectivity index (χ1) is 6.76. The second kappa shape index (κ2) is 4.07. The number of hydrogen-bond acceptors (Lipinski definition) is 2. The molecule has 74 valence electrons. The fourth-order valence-electron chi connectivity index (χ4n) is 1.46. The highest BCUT2D eigenvalue weighted by molar-refractivity contribution is 7.19. The minimum Gasteiger partial charge on any atom is -0.392 e. The second-order valence-corrected chi connectivity index (χ2v) is 4.78. The summed E-state index contributed by atoms with van der Waals surface area (Å²) < 4.78 is 1.08. The number of aliphatic hydroxyl groups excluding tert-OH is 1. The summed E-state index contributed by atoms with van der Waals surface area (Å²) in [6, 6.07) is 5.65. The molecule has 1 aromatic carbocycles. The number of rotatable bonds is 2. The van der Waals surface area contributed by atoms with Crippen LogP contribution in [-0.4, -0.2) is 5.11 Å². The number of alkyl halides is 1. The van der Waals surface area contributed by atoms with Crippen molar-refractivity contribution in [3.05, 3.63) is 33.7 Å². The Morgan fingerprint density at radius 1 is 1.36 bits per heavy atom. The van der Waals surface area contributed by atoms with Gasteiger partial charge in [-0.1, -0.05) is 17.7 Å². The summed E-state index contributed by atoms with van der Waals surface area (Å²) in [7, 11) is 0. The monoisotopic (exact) mass is 246 g/mol. The Hall–Kier alpha value is -0.280. The van der Waals surface area contributed by atoms with Crippen LogP contribution < -0.4 is 0 Å². The Labute approximate surface area is 95.9 Å². The van der Waals surface area contributed by atoms with Gasteiger partial charge in [0.25, 0.3) is 0 Å². The summed E-state index contributed by atoms with van der Waals surface area (Å²) >= 11 is 13.3. The first-order valence-corrected chi connectivity index (χ1v) is 5.85. The standard InChI is InChI=1S/C10H8Cl2OS/c11-4-10-8(5-13)7-2-1-6(12)3-9(7)14-10/h1-3,13H,4-5H2. The first kappa shape index (κ1) is 10.2. The Balaban J connectivity index is 2.73. The summed E-state index contributed by atoms with van der Waals surface area (Å²) in [5.74, 6) is 0.437. The zero-order valence-corrected chi connectivity index (χ0v) is 9.59. The molecule has 0 aliphatic carbocycles. The van der Waals surface area contributed by atoms with Gasteiger partial charge < -0.3 is 5.11 Å². The van der Waals surface area contributed by atoms with Gasteiger partial charge in [0, 0.05) is 20.2 Å². The van der Waals surface area contributed by atoms with E-state index in [2.05, 4.69) is 0 Å². The van der Waals surface area contributed by atoms with Crippen LogP contribution in [-0.2, 0) is 12.5 Å². The maximum absolute atomic E-state index is 9.22. The number of fused-ring (bicyclic) bond motifs is 1. The molecule has 1 N–H and O–H groups in total. The molecular weight excluding hydrogens is 239 g/mol. The molecule has 14 heavy (non-hydrogen) atoms. The lowest BCUT2D eigenvalue weighted by Gasteiger charge is -1.96. The van der Waals surface area contributed by atoms with Gasteiger partial charge in [-0.2, -0.15) is 0 Å². The Bertz CT molecular complexity index is 464. The fourth-order valence-corrected chi connectivity index (χ4v) is 3.12. The molecule has 2 aromatic rings. The third-order valence-corrected chi connectivity index (χ3v) is 3.97. The van der Waals surface area contributed by atoms with E-state index in [1.165, 1.54) is 0 Å². The number of benzene rings is 1. The molecule has 0 radical (unpaired) electrons. The van der Waals surface area contributed by atoms with Crippen LogP contribution in [0.1, 0.15) is 10.4 Å². The molecule has 0 amide bonds. The van der Waals surface area contributed by atoms with Gasteiger partial charge in [-0.25, -0.2) is 0 Å². The van der Waals surface area contributed by atoms with Crippen molar-refractivity contribution in [2.45, 2.75) is 12.5 Å². The van der Waals surface area contributed by atoms with Gasteiger partial charge in [0.05, 0.1) is 12.5 Å². The van der Waals surface area contributed by atoms with Gasteiger partial charge in [0.15, 0.2) is 0 Å². The van der Waals surface area contributed by atoms with Gasteiger partial charge in [-0.05, 0) is 17.5 Å². The Morgan fingerprint density at radius 3 is 2.79 bits per heavy atom. The fraction of sp³-hybridized carbons (Fsp3) is 0.200. The molecule has 1 aromatic heterocycles. The third-order valence-electron chi connectivity index (χ3n) is 2.12. The molecule has 0 spiro atoms. The van der Waals surface area contributed by atoms with Crippen LogP contribution in [0.3, 0.4) is 0 Å². The van der Waals surface area contributed by atoms with Gasteiger partial charge in [0.2, 0.25) is 0 Å². The van der Waals surface area contributed by atoms with E-state index in [-0.39, 0.29) is 6.61 Å². The van der Waals surface area contributed by atoms with E-state index in [1.807, 2.05) is 18.2 Å². The average Bonchev–Trinajstić information content (AvgIpc) is 2.54. The largest absolute Gasteiger partial charge is 0.392 e. The quantitative estimate of drug-likeness (QED) is 0.800. The lowest BCUT2D eigenvalue weighted by molar-refractivity contribution is 0.283. The van der Waals surface area contributed by atoms with Crippen LogP contribution in [0.4, 0.5) is 0 Å². The molecule has 1 nitrogen and oxygen atoms in total. The molecule has 0 atom stereocenters. The molecule has 0 saturated heterocycles. The van der Waals surface area contributed by atoms with Gasteiger partial charge in [0.1, 0.15) is 0 Å². The Kier molecular flexibility index (Phi) is 2.98. The summed E-state index contributed by atoms with van der Waals surface area (Å²) in [4.78, 5) is 1.02. The first-order valence-electron chi connectivity index (χ1n) is 4.13. The van der Waals surface area contributed by atoms with Crippen molar-refractivity contribution in [3.63, 3.8) is 0 Å². The minimum atomic E-state index is 0.0314. The van der Waals surface area contributed by atoms with Crippen molar-refractivity contribution in [1.82, 2.24) is 0 Å². The van der Waals surface area contributed by atoms with Crippen molar-refractivity contribution < 1.29 is 5.11 Å². The minimum absolute atomic E-state index is 0.0314. The number of halogens is 2. The van der Waals surface area contributed by atoms with Crippen LogP contribution in [0.2, 0.25) is 5.02 Å². The van der Waals surface area contributed by atoms with Crippen LogP contribution in [0, 0.1) is 0 Å². The average molecular weight is 247 g/mol. The van der Waals surface area contributed by atoms with Crippen LogP contribution in [0.5, 0.6) is 0 Å². The van der Waals surface area contributed by atoms with Gasteiger partial charge >= 0.3 is 0 Å². The summed E-state index contributed by atoms with van der Waals surface area (Å²) in [6.45, 7) is 0.0314. The van der Waals surface area contributed by atoms with Crippen LogP contribution in [0.25, 0.3) is 10.1 Å². The smallest absolute Gasteiger partial charge is 0.0699 e. The van der Waals surface area contributed by atoms with Crippen molar-refractivity contribution in [1.29, 1.82) is 0 Å². The van der Waals surface area contributed by atoms with E-state index >= 15 is 0 Å². The SMILES string of the molecule is OCc1c(CCl)sc2cc(Cl)ccc12. The molecule has 0 fully saturated rings. The zero-order valence-electron chi connectivity index (χ0n) is 7.26. The van der Waals surface area contributed by atoms with Crippen LogP contribution in [0.15, 0.2) is 18.2 Å². The molecule has 0 unspecified atom stereocenters. The van der Waals surface area contributed by atoms with Gasteiger partial charge in [-0.3, -0.25) is 0 Å². The van der Waals surface area contributed by atoms with E-state index in [4.69, 9.17) is 23.2 Å². The molecule has 0 aliphatic rings. The molecular formula is C10H8Cl2OS. The second-order valence-electron chi connectivity index (χ2n) is 2.94. The van der Waals surface area contributed by atoms with E-state index in [0.717, 1.165) is 20.5 Å². The van der Waals surface area contributed by atoms with Crippen molar-refractivity contribution >= 4 is 44.6 Å². The number of thiophene rings is 1.